The van der Waals surface area contributed by atoms with Gasteiger partial charge in [-0.25, -0.2) is 9.99 Å². The zero-order valence-corrected chi connectivity index (χ0v) is 18.3. The molecule has 0 spiro atoms. The molecular formula is C23H15BrClN3O3. The molecule has 154 valence electrons. The summed E-state index contributed by atoms with van der Waals surface area (Å²) in [4.78, 5) is 25.4. The predicted molar refractivity (Wildman–Crippen MR) is 125 cm³/mol. The molecule has 1 heterocycles. The number of hydrazone groups is 1. The van der Waals surface area contributed by atoms with Gasteiger partial charge in [0.2, 0.25) is 5.88 Å². The van der Waals surface area contributed by atoms with Crippen molar-refractivity contribution >= 4 is 50.4 Å². The minimum absolute atomic E-state index is 0.282. The summed E-state index contributed by atoms with van der Waals surface area (Å²) in [6, 6.07) is 20.3. The van der Waals surface area contributed by atoms with Crippen LogP contribution >= 0.6 is 27.5 Å². The van der Waals surface area contributed by atoms with Crippen molar-refractivity contribution < 1.29 is 9.90 Å². The molecule has 31 heavy (non-hydrogen) atoms. The highest BCUT2D eigenvalue weighted by atomic mass is 79.9. The number of amides is 1. The molecule has 4 rings (SSSR count). The molecule has 4 aromatic rings. The van der Waals surface area contributed by atoms with Crippen LogP contribution in [-0.2, 0) is 0 Å². The monoisotopic (exact) mass is 495 g/mol. The molecule has 0 saturated heterocycles. The number of fused-ring (bicyclic) bond motifs is 1. The Morgan fingerprint density at radius 3 is 2.52 bits per heavy atom. The van der Waals surface area contributed by atoms with Gasteiger partial charge in [-0.1, -0.05) is 57.9 Å². The van der Waals surface area contributed by atoms with Crippen molar-refractivity contribution in [2.24, 2.45) is 5.10 Å². The van der Waals surface area contributed by atoms with Crippen LogP contribution in [0, 0.1) is 0 Å². The highest BCUT2D eigenvalue weighted by Gasteiger charge is 2.16. The van der Waals surface area contributed by atoms with Gasteiger partial charge in [0.15, 0.2) is 0 Å². The smallest absolute Gasteiger partial charge is 0.271 e. The molecule has 1 aromatic heterocycles. The average molecular weight is 497 g/mol. The normalized spacial score (nSPS) is 11.2. The van der Waals surface area contributed by atoms with E-state index in [-0.39, 0.29) is 11.4 Å². The lowest BCUT2D eigenvalue weighted by molar-refractivity contribution is 0.0955. The lowest BCUT2D eigenvalue weighted by Crippen LogP contribution is -2.21. The van der Waals surface area contributed by atoms with Gasteiger partial charge >= 0.3 is 0 Å². The number of aromatic nitrogens is 1. The minimum atomic E-state index is -0.412. The molecular weight excluding hydrogens is 482 g/mol. The Bertz CT molecular complexity index is 1400. The van der Waals surface area contributed by atoms with Gasteiger partial charge in [-0.05, 0) is 42.5 Å². The van der Waals surface area contributed by atoms with Gasteiger partial charge in [0.25, 0.3) is 11.5 Å². The van der Waals surface area contributed by atoms with E-state index in [1.54, 1.807) is 66.7 Å². The number of hydrogen-bond acceptors (Lipinski definition) is 4. The second kappa shape index (κ2) is 8.75. The number of hydrogen-bond donors (Lipinski definition) is 2. The van der Waals surface area contributed by atoms with E-state index in [1.165, 1.54) is 6.21 Å². The Balaban J connectivity index is 1.79. The van der Waals surface area contributed by atoms with E-state index >= 15 is 0 Å². The molecule has 0 aliphatic carbocycles. The first-order valence-electron chi connectivity index (χ1n) is 9.17. The van der Waals surface area contributed by atoms with Crippen molar-refractivity contribution in [1.29, 1.82) is 0 Å². The number of halogens is 2. The van der Waals surface area contributed by atoms with Crippen molar-refractivity contribution in [2.45, 2.75) is 0 Å². The molecule has 0 unspecified atom stereocenters. The Labute approximate surface area is 190 Å². The molecule has 0 aliphatic heterocycles. The third kappa shape index (κ3) is 4.23. The van der Waals surface area contributed by atoms with Gasteiger partial charge in [-0.15, -0.1) is 0 Å². The number of aromatic hydroxyl groups is 1. The molecule has 0 radical (unpaired) electrons. The highest BCUT2D eigenvalue weighted by Crippen LogP contribution is 2.26. The maximum Gasteiger partial charge on any atom is 0.271 e. The maximum atomic E-state index is 13.1. The van der Waals surface area contributed by atoms with Crippen LogP contribution in [0.5, 0.6) is 5.88 Å². The Morgan fingerprint density at radius 1 is 1.03 bits per heavy atom. The molecule has 2 N–H and O–H groups in total. The van der Waals surface area contributed by atoms with E-state index in [4.69, 9.17) is 11.6 Å². The van der Waals surface area contributed by atoms with Crippen LogP contribution in [0.2, 0.25) is 5.02 Å². The topological polar surface area (TPSA) is 83.7 Å². The standard InChI is InChI=1S/C23H15BrClN3O3/c24-15-6-3-5-14(11-15)21(29)27-26-13-20-18-9-1-2-10-19(18)22(30)28(23(20)31)17-8-4-7-16(25)12-17/h1-13,31H,(H,27,29)/b26-13+. The predicted octanol–water partition coefficient (Wildman–Crippen LogP) is 4.88. The third-order valence-electron chi connectivity index (χ3n) is 4.62. The van der Waals surface area contributed by atoms with Crippen molar-refractivity contribution in [2.75, 3.05) is 0 Å². The molecule has 1 amide bonds. The van der Waals surface area contributed by atoms with E-state index in [0.29, 0.717) is 27.0 Å². The summed E-state index contributed by atoms with van der Waals surface area (Å²) in [7, 11) is 0. The Hall–Kier alpha value is -3.42. The second-order valence-electron chi connectivity index (χ2n) is 6.61. The first-order valence-corrected chi connectivity index (χ1v) is 10.3. The number of nitrogens with zero attached hydrogens (tertiary/aromatic N) is 2. The number of nitrogens with one attached hydrogen (secondary N) is 1. The van der Waals surface area contributed by atoms with Crippen LogP contribution in [-0.4, -0.2) is 21.8 Å². The molecule has 0 saturated carbocycles. The van der Waals surface area contributed by atoms with Crippen LogP contribution in [0.25, 0.3) is 16.5 Å². The first kappa shape index (κ1) is 20.8. The molecule has 3 aromatic carbocycles. The van der Waals surface area contributed by atoms with E-state index in [2.05, 4.69) is 26.5 Å². The van der Waals surface area contributed by atoms with Crippen molar-refractivity contribution in [3.8, 4) is 11.6 Å². The van der Waals surface area contributed by atoms with Crippen LogP contribution < -0.4 is 11.0 Å². The zero-order valence-electron chi connectivity index (χ0n) is 15.9. The van der Waals surface area contributed by atoms with Crippen LogP contribution in [0.1, 0.15) is 15.9 Å². The average Bonchev–Trinajstić information content (AvgIpc) is 2.76. The largest absolute Gasteiger partial charge is 0.494 e. The van der Waals surface area contributed by atoms with Gasteiger partial charge in [-0.3, -0.25) is 9.59 Å². The van der Waals surface area contributed by atoms with E-state index in [1.807, 2.05) is 6.07 Å². The third-order valence-corrected chi connectivity index (χ3v) is 5.34. The summed E-state index contributed by atoms with van der Waals surface area (Å²) >= 11 is 9.39. The fraction of sp³-hybridized carbons (Fsp3) is 0. The van der Waals surface area contributed by atoms with E-state index in [0.717, 1.165) is 9.04 Å². The van der Waals surface area contributed by atoms with Crippen molar-refractivity contribution in [1.82, 2.24) is 9.99 Å². The Kier molecular flexibility index (Phi) is 5.88. The molecule has 8 heteroatoms. The Morgan fingerprint density at radius 2 is 1.77 bits per heavy atom. The number of pyridine rings is 1. The minimum Gasteiger partial charge on any atom is -0.494 e. The molecule has 0 bridgehead atoms. The number of carbonyl (C=O) groups is 1. The first-order chi connectivity index (χ1) is 15.0. The molecule has 0 fully saturated rings. The summed E-state index contributed by atoms with van der Waals surface area (Å²) in [5.41, 5.74) is 3.16. The summed E-state index contributed by atoms with van der Waals surface area (Å²) in [5, 5.41) is 16.3. The summed E-state index contributed by atoms with van der Waals surface area (Å²) < 4.78 is 1.92. The van der Waals surface area contributed by atoms with Crippen molar-refractivity contribution in [3.63, 3.8) is 0 Å². The summed E-state index contributed by atoms with van der Waals surface area (Å²) in [6.07, 6.45) is 1.31. The SMILES string of the molecule is O=C(N/N=C/c1c(O)n(-c2cccc(Cl)c2)c(=O)c2ccccc12)c1cccc(Br)c1. The van der Waals surface area contributed by atoms with Crippen LogP contribution in [0.4, 0.5) is 0 Å². The van der Waals surface area contributed by atoms with Crippen molar-refractivity contribution in [3.05, 3.63) is 104 Å². The zero-order chi connectivity index (χ0) is 22.0. The molecule has 6 nitrogen and oxygen atoms in total. The van der Waals surface area contributed by atoms with Gasteiger partial charge < -0.3 is 5.11 Å². The lowest BCUT2D eigenvalue weighted by atomic mass is 10.1. The number of rotatable bonds is 4. The van der Waals surface area contributed by atoms with Gasteiger partial charge in [0.05, 0.1) is 17.5 Å². The van der Waals surface area contributed by atoms with E-state index < -0.39 is 11.5 Å². The van der Waals surface area contributed by atoms with Gasteiger partial charge in [0.1, 0.15) is 0 Å². The quantitative estimate of drug-likeness (QED) is 0.312. The maximum absolute atomic E-state index is 13.1. The van der Waals surface area contributed by atoms with Gasteiger partial charge in [-0.2, -0.15) is 5.10 Å². The fourth-order valence-corrected chi connectivity index (χ4v) is 3.78. The van der Waals surface area contributed by atoms with Crippen LogP contribution in [0.15, 0.2) is 87.2 Å². The number of carbonyl (C=O) groups excluding carboxylic acids is 1. The summed E-state index contributed by atoms with van der Waals surface area (Å²) in [5.74, 6) is -0.726. The summed E-state index contributed by atoms with van der Waals surface area (Å²) in [6.45, 7) is 0. The molecule has 0 aliphatic rings. The van der Waals surface area contributed by atoms with Gasteiger partial charge in [0, 0.05) is 25.8 Å². The fourth-order valence-electron chi connectivity index (χ4n) is 3.19. The number of benzene rings is 3. The highest BCUT2D eigenvalue weighted by molar-refractivity contribution is 9.10. The lowest BCUT2D eigenvalue weighted by Gasteiger charge is -2.13. The van der Waals surface area contributed by atoms with Crippen LogP contribution in [0.3, 0.4) is 0 Å². The van der Waals surface area contributed by atoms with E-state index in [9.17, 15) is 14.7 Å². The molecule has 0 atom stereocenters. The second-order valence-corrected chi connectivity index (χ2v) is 7.96.